The van der Waals surface area contributed by atoms with Gasteiger partial charge in [-0.2, -0.15) is 0 Å². The van der Waals surface area contributed by atoms with Crippen molar-refractivity contribution in [2.75, 3.05) is 6.61 Å². The van der Waals surface area contributed by atoms with Crippen molar-refractivity contribution in [3.05, 3.63) is 36.3 Å². The van der Waals surface area contributed by atoms with Crippen molar-refractivity contribution in [1.82, 2.24) is 0 Å². The molecule has 18 heavy (non-hydrogen) atoms. The first-order chi connectivity index (χ1) is 8.73. The van der Waals surface area contributed by atoms with Crippen molar-refractivity contribution in [1.29, 1.82) is 0 Å². The van der Waals surface area contributed by atoms with Gasteiger partial charge in [-0.15, -0.1) is 6.42 Å². The van der Waals surface area contributed by atoms with E-state index in [1.165, 1.54) is 12.3 Å². The van der Waals surface area contributed by atoms with Crippen molar-refractivity contribution < 1.29 is 23.4 Å². The Kier molecular flexibility index (Phi) is 2.47. The Morgan fingerprint density at radius 2 is 2.50 bits per heavy atom. The highest BCUT2D eigenvalue weighted by Crippen LogP contribution is 2.33. The Morgan fingerprint density at radius 3 is 3.22 bits per heavy atom. The predicted molar refractivity (Wildman–Crippen MR) is 59.4 cm³/mol. The highest BCUT2D eigenvalue weighted by Gasteiger charge is 2.48. The van der Waals surface area contributed by atoms with Crippen LogP contribution in [0.3, 0.4) is 0 Å². The quantitative estimate of drug-likeness (QED) is 0.444. The third kappa shape index (κ3) is 1.63. The van der Waals surface area contributed by atoms with E-state index in [1.807, 2.05) is 0 Å². The second kappa shape index (κ2) is 4.02. The normalized spacial score (nSPS) is 33.1. The number of esters is 1. The molecule has 0 unspecified atom stereocenters. The molecule has 0 radical (unpaired) electrons. The van der Waals surface area contributed by atoms with E-state index in [4.69, 9.17) is 25.1 Å². The lowest BCUT2D eigenvalue weighted by Crippen LogP contribution is -2.46. The zero-order valence-electron chi connectivity index (χ0n) is 9.37. The van der Waals surface area contributed by atoms with Gasteiger partial charge in [-0.05, 0) is 24.1 Å². The van der Waals surface area contributed by atoms with Crippen LogP contribution >= 0.6 is 0 Å². The molecule has 0 aliphatic carbocycles. The molecular formula is C13H10O5. The molecule has 1 saturated heterocycles. The molecule has 2 aliphatic heterocycles. The van der Waals surface area contributed by atoms with Gasteiger partial charge in [0.05, 0.1) is 12.9 Å². The highest BCUT2D eigenvalue weighted by molar-refractivity contribution is 5.87. The monoisotopic (exact) mass is 246 g/mol. The third-order valence-corrected chi connectivity index (χ3v) is 2.83. The Hall–Kier alpha value is -2.03. The molecule has 5 heteroatoms. The van der Waals surface area contributed by atoms with E-state index in [0.717, 1.165) is 0 Å². The van der Waals surface area contributed by atoms with Crippen molar-refractivity contribution in [3.63, 3.8) is 0 Å². The van der Waals surface area contributed by atoms with E-state index in [9.17, 15) is 4.79 Å². The standard InChI is InChI=1S/C13H10O5/c1-2-13(6-5-9-8-16-12(13)17-9)18-11(14)10-4-3-7-15-10/h1,3-7,9,12H,8H2/t9-,12+,13-/m0/s1. The maximum absolute atomic E-state index is 11.9. The van der Waals surface area contributed by atoms with Gasteiger partial charge in [0.15, 0.2) is 0 Å². The number of furan rings is 1. The number of carbonyl (C=O) groups is 1. The molecule has 5 nitrogen and oxygen atoms in total. The summed E-state index contributed by atoms with van der Waals surface area (Å²) < 4.78 is 21.1. The van der Waals surface area contributed by atoms with Gasteiger partial charge in [-0.25, -0.2) is 4.79 Å². The fourth-order valence-electron chi connectivity index (χ4n) is 1.90. The van der Waals surface area contributed by atoms with Crippen LogP contribution in [0.2, 0.25) is 0 Å². The highest BCUT2D eigenvalue weighted by atomic mass is 16.7. The van der Waals surface area contributed by atoms with E-state index in [2.05, 4.69) is 5.92 Å². The maximum Gasteiger partial charge on any atom is 0.376 e. The topological polar surface area (TPSA) is 57.9 Å². The molecule has 1 aromatic rings. The lowest BCUT2D eigenvalue weighted by molar-refractivity contribution is -0.148. The van der Waals surface area contributed by atoms with Gasteiger partial charge in [0.1, 0.15) is 6.10 Å². The number of hydrogen-bond donors (Lipinski definition) is 0. The Labute approximate surface area is 103 Å². The van der Waals surface area contributed by atoms with Crippen molar-refractivity contribution in [2.24, 2.45) is 0 Å². The minimum absolute atomic E-state index is 0.0816. The second-order valence-electron chi connectivity index (χ2n) is 4.00. The molecule has 1 fully saturated rings. The molecule has 0 amide bonds. The molecule has 3 heterocycles. The lowest BCUT2D eigenvalue weighted by Gasteiger charge is -2.31. The molecule has 92 valence electrons. The summed E-state index contributed by atoms with van der Waals surface area (Å²) in [6, 6.07) is 3.09. The van der Waals surface area contributed by atoms with E-state index in [-0.39, 0.29) is 11.9 Å². The SMILES string of the molecule is C#C[C@]1(OC(=O)c2ccco2)C=C[C@H]2CO[C@@H]1O2. The third-order valence-electron chi connectivity index (χ3n) is 2.83. The van der Waals surface area contributed by atoms with Crippen molar-refractivity contribution >= 4 is 5.97 Å². The lowest BCUT2D eigenvalue weighted by atomic mass is 10.0. The molecule has 0 saturated carbocycles. The van der Waals surface area contributed by atoms with Crippen LogP contribution in [-0.2, 0) is 14.2 Å². The van der Waals surface area contributed by atoms with Crippen molar-refractivity contribution in [2.45, 2.75) is 18.0 Å². The van der Waals surface area contributed by atoms with E-state index >= 15 is 0 Å². The van der Waals surface area contributed by atoms with E-state index in [1.54, 1.807) is 18.2 Å². The fraction of sp³-hybridized carbons (Fsp3) is 0.308. The summed E-state index contributed by atoms with van der Waals surface area (Å²) >= 11 is 0. The molecule has 1 aromatic heterocycles. The largest absolute Gasteiger partial charge is 0.457 e. The number of ether oxygens (including phenoxy) is 3. The van der Waals surface area contributed by atoms with Crippen molar-refractivity contribution in [3.8, 4) is 12.3 Å². The Bertz CT molecular complexity index is 524. The summed E-state index contributed by atoms with van der Waals surface area (Å²) in [6.07, 6.45) is 9.30. The first kappa shape index (κ1) is 11.1. The van der Waals surface area contributed by atoms with Crippen LogP contribution in [0.5, 0.6) is 0 Å². The number of hydrogen-bond acceptors (Lipinski definition) is 5. The van der Waals surface area contributed by atoms with Crippen LogP contribution < -0.4 is 0 Å². The zero-order valence-corrected chi connectivity index (χ0v) is 9.37. The Morgan fingerprint density at radius 1 is 1.61 bits per heavy atom. The van der Waals surface area contributed by atoms with Crippen LogP contribution in [-0.4, -0.2) is 30.6 Å². The molecule has 0 spiro atoms. The summed E-state index contributed by atoms with van der Waals surface area (Å²) in [5, 5.41) is 0. The minimum Gasteiger partial charge on any atom is -0.457 e. The van der Waals surface area contributed by atoms with Gasteiger partial charge < -0.3 is 18.6 Å². The minimum atomic E-state index is -1.34. The molecule has 0 aromatic carbocycles. The Balaban J connectivity index is 1.85. The van der Waals surface area contributed by atoms with Crippen LogP contribution in [0.1, 0.15) is 10.6 Å². The van der Waals surface area contributed by atoms with Crippen LogP contribution in [0.4, 0.5) is 0 Å². The fourth-order valence-corrected chi connectivity index (χ4v) is 1.90. The molecular weight excluding hydrogens is 236 g/mol. The molecule has 2 aliphatic rings. The van der Waals surface area contributed by atoms with Gasteiger partial charge in [-0.1, -0.05) is 6.08 Å². The molecule has 2 bridgehead atoms. The number of carbonyl (C=O) groups excluding carboxylic acids is 1. The predicted octanol–water partition coefficient (Wildman–Crippen LogP) is 1.12. The van der Waals surface area contributed by atoms with Crippen LogP contribution in [0.25, 0.3) is 0 Å². The van der Waals surface area contributed by atoms with Crippen LogP contribution in [0, 0.1) is 12.3 Å². The summed E-state index contributed by atoms with van der Waals surface area (Å²) in [5.41, 5.74) is -1.34. The van der Waals surface area contributed by atoms with Crippen LogP contribution in [0.15, 0.2) is 35.0 Å². The van der Waals surface area contributed by atoms with E-state index < -0.39 is 17.9 Å². The summed E-state index contributed by atoms with van der Waals surface area (Å²) in [5.74, 6) is 1.85. The van der Waals surface area contributed by atoms with Gasteiger partial charge in [-0.3, -0.25) is 0 Å². The molecule has 3 atom stereocenters. The van der Waals surface area contributed by atoms with Gasteiger partial charge >= 0.3 is 5.97 Å². The first-order valence-electron chi connectivity index (χ1n) is 5.44. The van der Waals surface area contributed by atoms with E-state index in [0.29, 0.717) is 6.61 Å². The summed E-state index contributed by atoms with van der Waals surface area (Å²) in [6.45, 7) is 0.406. The van der Waals surface area contributed by atoms with Gasteiger partial charge in [0, 0.05) is 0 Å². The smallest absolute Gasteiger partial charge is 0.376 e. The first-order valence-corrected chi connectivity index (χ1v) is 5.44. The average molecular weight is 246 g/mol. The van der Waals surface area contributed by atoms with Gasteiger partial charge in [0.2, 0.25) is 17.7 Å². The van der Waals surface area contributed by atoms with Gasteiger partial charge in [0.25, 0.3) is 0 Å². The number of fused-ring (bicyclic) bond motifs is 2. The second-order valence-corrected chi connectivity index (χ2v) is 4.00. The number of terminal acetylenes is 1. The maximum atomic E-state index is 11.9. The number of rotatable bonds is 2. The average Bonchev–Trinajstić information content (AvgIpc) is 3.04. The zero-order chi connectivity index (χ0) is 12.6. The molecule has 0 N–H and O–H groups in total. The molecule has 3 rings (SSSR count). The summed E-state index contributed by atoms with van der Waals surface area (Å²) in [7, 11) is 0. The summed E-state index contributed by atoms with van der Waals surface area (Å²) in [4.78, 5) is 11.9.